The van der Waals surface area contributed by atoms with Gasteiger partial charge < -0.3 is 0 Å². The molecule has 78 valence electrons. The van der Waals surface area contributed by atoms with Crippen LogP contribution in [0.3, 0.4) is 0 Å². The quantitative estimate of drug-likeness (QED) is 0.485. The van der Waals surface area contributed by atoms with Crippen molar-refractivity contribution in [2.24, 2.45) is 5.84 Å². The molecule has 6 nitrogen and oxygen atoms in total. The summed E-state index contributed by atoms with van der Waals surface area (Å²) < 4.78 is 0. The van der Waals surface area contributed by atoms with Crippen LogP contribution >= 0.6 is 0 Å². The van der Waals surface area contributed by atoms with Crippen LogP contribution in [0, 0.1) is 6.92 Å². The van der Waals surface area contributed by atoms with Gasteiger partial charge in [-0.2, -0.15) is 15.4 Å². The standard InChI is InChI=1S/C9H12N6/c1-6-2-3-7(4-11-6)9(13-10)8-5-12-15-14-8/h2-5,9,13H,10H2,1H3,(H,12,14,15). The van der Waals surface area contributed by atoms with Gasteiger partial charge in [0.1, 0.15) is 5.69 Å². The first-order valence-electron chi connectivity index (χ1n) is 4.55. The number of H-pyrrole nitrogens is 1. The van der Waals surface area contributed by atoms with Gasteiger partial charge in [-0.1, -0.05) is 6.07 Å². The number of hydrogen-bond donors (Lipinski definition) is 3. The van der Waals surface area contributed by atoms with E-state index in [-0.39, 0.29) is 6.04 Å². The van der Waals surface area contributed by atoms with Gasteiger partial charge in [-0.15, -0.1) is 0 Å². The number of aromatic amines is 1. The van der Waals surface area contributed by atoms with Crippen molar-refractivity contribution in [3.8, 4) is 0 Å². The smallest absolute Gasteiger partial charge is 0.105 e. The summed E-state index contributed by atoms with van der Waals surface area (Å²) in [7, 11) is 0. The predicted octanol–water partition coefficient (Wildman–Crippen LogP) is 0.0608. The maximum absolute atomic E-state index is 5.47. The molecule has 0 aliphatic carbocycles. The van der Waals surface area contributed by atoms with Crippen LogP contribution in [0.1, 0.15) is 23.0 Å². The maximum atomic E-state index is 5.47. The van der Waals surface area contributed by atoms with Crippen LogP contribution in [0.4, 0.5) is 0 Å². The fourth-order valence-corrected chi connectivity index (χ4v) is 1.35. The van der Waals surface area contributed by atoms with Crippen LogP contribution in [-0.4, -0.2) is 20.4 Å². The zero-order valence-electron chi connectivity index (χ0n) is 8.31. The second kappa shape index (κ2) is 4.16. The molecule has 0 amide bonds. The van der Waals surface area contributed by atoms with Gasteiger partial charge in [-0.05, 0) is 18.6 Å². The third-order valence-electron chi connectivity index (χ3n) is 2.16. The van der Waals surface area contributed by atoms with Gasteiger partial charge in [0.2, 0.25) is 0 Å². The number of nitrogens with two attached hydrogens (primary N) is 1. The Labute approximate surface area is 86.9 Å². The molecule has 15 heavy (non-hydrogen) atoms. The Balaban J connectivity index is 2.31. The Morgan fingerprint density at radius 3 is 2.80 bits per heavy atom. The van der Waals surface area contributed by atoms with E-state index in [9.17, 15) is 0 Å². The van der Waals surface area contributed by atoms with Crippen molar-refractivity contribution in [3.05, 3.63) is 41.5 Å². The Hall–Kier alpha value is -1.79. The van der Waals surface area contributed by atoms with Gasteiger partial charge in [-0.3, -0.25) is 10.8 Å². The minimum absolute atomic E-state index is 0.183. The molecule has 0 fully saturated rings. The van der Waals surface area contributed by atoms with Crippen LogP contribution in [0.25, 0.3) is 0 Å². The SMILES string of the molecule is Cc1ccc(C(NN)c2cn[nH]n2)cn1. The zero-order chi connectivity index (χ0) is 10.7. The van der Waals surface area contributed by atoms with E-state index in [1.54, 1.807) is 12.4 Å². The van der Waals surface area contributed by atoms with Gasteiger partial charge in [0, 0.05) is 11.9 Å². The maximum Gasteiger partial charge on any atom is 0.105 e. The number of pyridine rings is 1. The third-order valence-corrected chi connectivity index (χ3v) is 2.16. The third kappa shape index (κ3) is 2.00. The molecule has 1 unspecified atom stereocenters. The van der Waals surface area contributed by atoms with Crippen molar-refractivity contribution in [2.45, 2.75) is 13.0 Å². The Morgan fingerprint density at radius 2 is 2.27 bits per heavy atom. The molecule has 0 bridgehead atoms. The second-order valence-electron chi connectivity index (χ2n) is 3.23. The highest BCUT2D eigenvalue weighted by Crippen LogP contribution is 2.17. The highest BCUT2D eigenvalue weighted by molar-refractivity contribution is 5.24. The molecule has 6 heteroatoms. The molecule has 2 aromatic heterocycles. The van der Waals surface area contributed by atoms with Crippen LogP contribution in [0.2, 0.25) is 0 Å². The lowest BCUT2D eigenvalue weighted by atomic mass is 10.1. The summed E-state index contributed by atoms with van der Waals surface area (Å²) in [5, 5.41) is 10.3. The van der Waals surface area contributed by atoms with E-state index >= 15 is 0 Å². The van der Waals surface area contributed by atoms with E-state index in [0.717, 1.165) is 17.0 Å². The molecule has 0 aromatic carbocycles. The number of hydrazine groups is 1. The number of rotatable bonds is 3. The van der Waals surface area contributed by atoms with Gasteiger partial charge >= 0.3 is 0 Å². The Kier molecular flexibility index (Phi) is 2.70. The lowest BCUT2D eigenvalue weighted by Gasteiger charge is -2.12. The number of nitrogens with zero attached hydrogens (tertiary/aromatic N) is 3. The van der Waals surface area contributed by atoms with Crippen molar-refractivity contribution in [2.75, 3.05) is 0 Å². The zero-order valence-corrected chi connectivity index (χ0v) is 8.31. The highest BCUT2D eigenvalue weighted by atomic mass is 15.3. The van der Waals surface area contributed by atoms with E-state index in [4.69, 9.17) is 5.84 Å². The average molecular weight is 204 g/mol. The Bertz CT molecular complexity index is 407. The fraction of sp³-hybridized carbons (Fsp3) is 0.222. The van der Waals surface area contributed by atoms with Crippen molar-refractivity contribution < 1.29 is 0 Å². The molecule has 4 N–H and O–H groups in total. The monoisotopic (exact) mass is 204 g/mol. The minimum atomic E-state index is -0.183. The van der Waals surface area contributed by atoms with Crippen molar-refractivity contribution in [1.29, 1.82) is 0 Å². The van der Waals surface area contributed by atoms with Gasteiger partial charge in [0.25, 0.3) is 0 Å². The fourth-order valence-electron chi connectivity index (χ4n) is 1.35. The molecule has 2 heterocycles. The Morgan fingerprint density at radius 1 is 1.40 bits per heavy atom. The molecule has 0 saturated carbocycles. The van der Waals surface area contributed by atoms with Crippen molar-refractivity contribution in [1.82, 2.24) is 25.8 Å². The van der Waals surface area contributed by atoms with Crippen LogP contribution in [0.5, 0.6) is 0 Å². The first-order valence-corrected chi connectivity index (χ1v) is 4.55. The van der Waals surface area contributed by atoms with Gasteiger partial charge in [-0.25, -0.2) is 5.43 Å². The van der Waals surface area contributed by atoms with Crippen LogP contribution < -0.4 is 11.3 Å². The number of nitrogens with one attached hydrogen (secondary N) is 2. The summed E-state index contributed by atoms with van der Waals surface area (Å²) in [5.41, 5.74) is 5.34. The number of hydrogen-bond acceptors (Lipinski definition) is 5. The summed E-state index contributed by atoms with van der Waals surface area (Å²) >= 11 is 0. The molecule has 0 spiro atoms. The average Bonchev–Trinajstić information content (AvgIpc) is 2.75. The number of aryl methyl sites for hydroxylation is 1. The topological polar surface area (TPSA) is 92.5 Å². The molecule has 2 aromatic rings. The molecule has 0 aliphatic heterocycles. The molecule has 2 rings (SSSR count). The normalized spacial score (nSPS) is 12.7. The number of aromatic nitrogens is 4. The van der Waals surface area contributed by atoms with E-state index in [1.807, 2.05) is 19.1 Å². The van der Waals surface area contributed by atoms with E-state index in [2.05, 4.69) is 25.8 Å². The molecular formula is C9H12N6. The van der Waals surface area contributed by atoms with Crippen LogP contribution in [0.15, 0.2) is 24.5 Å². The lowest BCUT2D eigenvalue weighted by Crippen LogP contribution is -2.29. The predicted molar refractivity (Wildman–Crippen MR) is 54.5 cm³/mol. The van der Waals surface area contributed by atoms with E-state index in [0.29, 0.717) is 0 Å². The van der Waals surface area contributed by atoms with Crippen molar-refractivity contribution in [3.63, 3.8) is 0 Å². The first kappa shape index (κ1) is 9.75. The van der Waals surface area contributed by atoms with Crippen molar-refractivity contribution >= 4 is 0 Å². The molecule has 0 aliphatic rings. The van der Waals surface area contributed by atoms with Gasteiger partial charge in [0.15, 0.2) is 0 Å². The second-order valence-corrected chi connectivity index (χ2v) is 3.23. The summed E-state index contributed by atoms with van der Waals surface area (Å²) in [4.78, 5) is 4.20. The molecular weight excluding hydrogens is 192 g/mol. The summed E-state index contributed by atoms with van der Waals surface area (Å²) in [6, 6.07) is 3.71. The summed E-state index contributed by atoms with van der Waals surface area (Å²) in [6.07, 6.45) is 3.40. The minimum Gasteiger partial charge on any atom is -0.271 e. The van der Waals surface area contributed by atoms with Gasteiger partial charge in [0.05, 0.1) is 12.2 Å². The summed E-state index contributed by atoms with van der Waals surface area (Å²) in [5.74, 6) is 5.47. The van der Waals surface area contributed by atoms with E-state index in [1.165, 1.54) is 0 Å². The largest absolute Gasteiger partial charge is 0.271 e. The molecule has 1 atom stereocenters. The van der Waals surface area contributed by atoms with E-state index < -0.39 is 0 Å². The highest BCUT2D eigenvalue weighted by Gasteiger charge is 2.14. The lowest BCUT2D eigenvalue weighted by molar-refractivity contribution is 0.616. The first-order chi connectivity index (χ1) is 7.31. The van der Waals surface area contributed by atoms with Crippen LogP contribution in [-0.2, 0) is 0 Å². The molecule has 0 radical (unpaired) electrons. The summed E-state index contributed by atoms with van der Waals surface area (Å²) in [6.45, 7) is 1.94. The molecule has 0 saturated heterocycles.